The maximum Gasteiger partial charge on any atom is 0.243 e. The molecule has 0 aliphatic rings. The van der Waals surface area contributed by atoms with Gasteiger partial charge in [0.15, 0.2) is 9.84 Å². The number of nitrogens with one attached hydrogen (secondary N) is 2. The topological polar surface area (TPSA) is 135 Å². The average Bonchev–Trinajstić information content (AvgIpc) is 2.72. The van der Waals surface area contributed by atoms with Gasteiger partial charge in [-0.05, 0) is 30.2 Å². The molecular weight excluding hydrogens is 425 g/mol. The zero-order chi connectivity index (χ0) is 23.0. The number of nitrogens with two attached hydrogens (primary N) is 1. The van der Waals surface area contributed by atoms with Crippen LogP contribution in [0.1, 0.15) is 18.9 Å². The maximum atomic E-state index is 14.0. The lowest BCUT2D eigenvalue weighted by Gasteiger charge is -2.22. The number of sulfone groups is 1. The number of hydrogen-bond donors (Lipinski definition) is 3. The van der Waals surface area contributed by atoms with Gasteiger partial charge in [0.25, 0.3) is 0 Å². The number of halogens is 1. The maximum absolute atomic E-state index is 14.0. The van der Waals surface area contributed by atoms with Gasteiger partial charge in [-0.25, -0.2) is 12.8 Å². The van der Waals surface area contributed by atoms with Gasteiger partial charge in [-0.15, -0.1) is 0 Å². The Hall–Kier alpha value is -3.27. The van der Waals surface area contributed by atoms with Gasteiger partial charge < -0.3 is 16.4 Å². The molecule has 2 aromatic carbocycles. The summed E-state index contributed by atoms with van der Waals surface area (Å²) < 4.78 is 38.8. The predicted molar refractivity (Wildman–Crippen MR) is 112 cm³/mol. The van der Waals surface area contributed by atoms with Crippen LogP contribution in [0.2, 0.25) is 0 Å². The van der Waals surface area contributed by atoms with E-state index in [1.807, 2.05) is 0 Å². The van der Waals surface area contributed by atoms with E-state index in [9.17, 15) is 27.2 Å². The van der Waals surface area contributed by atoms with E-state index in [1.54, 1.807) is 24.3 Å². The molecule has 8 nitrogen and oxygen atoms in total. The zero-order valence-electron chi connectivity index (χ0n) is 16.9. The Kier molecular flexibility index (Phi) is 8.26. The normalized spacial score (nSPS) is 13.1. The lowest BCUT2D eigenvalue weighted by Crippen LogP contribution is -2.53. The van der Waals surface area contributed by atoms with E-state index in [-0.39, 0.29) is 23.3 Å². The molecule has 0 radical (unpaired) electrons. The van der Waals surface area contributed by atoms with E-state index in [1.165, 1.54) is 37.3 Å². The van der Waals surface area contributed by atoms with E-state index in [2.05, 4.69) is 10.6 Å². The Morgan fingerprint density at radius 3 is 2.16 bits per heavy atom. The third-order valence-electron chi connectivity index (χ3n) is 4.51. The molecule has 0 spiro atoms. The molecule has 10 heteroatoms. The molecule has 0 aliphatic carbocycles. The van der Waals surface area contributed by atoms with Crippen LogP contribution in [0.3, 0.4) is 0 Å². The van der Waals surface area contributed by atoms with Gasteiger partial charge >= 0.3 is 0 Å². The molecule has 0 unspecified atom stereocenters. The third kappa shape index (κ3) is 7.18. The smallest absolute Gasteiger partial charge is 0.243 e. The van der Waals surface area contributed by atoms with Crippen molar-refractivity contribution in [1.82, 2.24) is 10.6 Å². The molecule has 31 heavy (non-hydrogen) atoms. The number of carbonyl (C=O) groups excluding carboxylic acids is 3. The summed E-state index contributed by atoms with van der Waals surface area (Å²) in [6.07, 6.45) is -0.420. The van der Waals surface area contributed by atoms with E-state index in [0.717, 1.165) is 0 Å². The molecule has 0 fully saturated rings. The molecule has 2 rings (SSSR count). The van der Waals surface area contributed by atoms with Crippen LogP contribution in [-0.4, -0.2) is 44.0 Å². The lowest BCUT2D eigenvalue weighted by molar-refractivity contribution is -0.130. The summed E-state index contributed by atoms with van der Waals surface area (Å²) in [5.74, 6) is -3.21. The Morgan fingerprint density at radius 1 is 0.968 bits per heavy atom. The van der Waals surface area contributed by atoms with Gasteiger partial charge in [-0.2, -0.15) is 0 Å². The second-order valence-corrected chi connectivity index (χ2v) is 9.04. The first kappa shape index (κ1) is 24.0. The van der Waals surface area contributed by atoms with Crippen LogP contribution in [0.4, 0.5) is 4.39 Å². The van der Waals surface area contributed by atoms with E-state index in [4.69, 9.17) is 5.73 Å². The van der Waals surface area contributed by atoms with Crippen LogP contribution in [0.15, 0.2) is 59.5 Å². The summed E-state index contributed by atoms with van der Waals surface area (Å²) in [6.45, 7) is 1.19. The Bertz CT molecular complexity index is 1040. The van der Waals surface area contributed by atoms with Gasteiger partial charge in [-0.3, -0.25) is 14.4 Å². The summed E-state index contributed by atoms with van der Waals surface area (Å²) in [4.78, 5) is 36.1. The largest absolute Gasteiger partial charge is 0.368 e. The third-order valence-corrected chi connectivity index (χ3v) is 6.28. The van der Waals surface area contributed by atoms with Gasteiger partial charge in [0.05, 0.1) is 10.6 Å². The molecule has 0 bridgehead atoms. The molecule has 3 amide bonds. The molecule has 0 aromatic heterocycles. The van der Waals surface area contributed by atoms with E-state index < -0.39 is 51.2 Å². The standard InChI is InChI=1S/C21H24FN3O5S/c1-14(26)24-19(13-15-7-5-6-10-17(15)22)21(28)25-18(20(23)27)11-12-31(29,30)16-8-3-2-4-9-16/h2-10,18-19H,11-13H2,1H3,(H2,23,27)(H,24,26)(H,25,28)/t18-,19+/m1/s1. The SMILES string of the molecule is CC(=O)N[C@@H](Cc1ccccc1F)C(=O)N[C@H](CCS(=O)(=O)c1ccccc1)C(N)=O. The molecule has 0 heterocycles. The van der Waals surface area contributed by atoms with Crippen molar-refractivity contribution >= 4 is 27.6 Å². The number of carbonyl (C=O) groups is 3. The van der Waals surface area contributed by atoms with Crippen molar-refractivity contribution in [2.75, 3.05) is 5.75 Å². The van der Waals surface area contributed by atoms with Crippen molar-refractivity contribution in [1.29, 1.82) is 0 Å². The summed E-state index contributed by atoms with van der Waals surface area (Å²) in [7, 11) is -3.70. The molecule has 2 atom stereocenters. The summed E-state index contributed by atoms with van der Waals surface area (Å²) >= 11 is 0. The van der Waals surface area contributed by atoms with Crippen LogP contribution < -0.4 is 16.4 Å². The van der Waals surface area contributed by atoms with Crippen molar-refractivity contribution in [2.24, 2.45) is 5.73 Å². The van der Waals surface area contributed by atoms with Crippen LogP contribution in [0, 0.1) is 5.82 Å². The fraction of sp³-hybridized carbons (Fsp3) is 0.286. The van der Waals surface area contributed by atoms with Crippen molar-refractivity contribution < 1.29 is 27.2 Å². The number of rotatable bonds is 10. The molecule has 4 N–H and O–H groups in total. The van der Waals surface area contributed by atoms with Crippen molar-refractivity contribution in [2.45, 2.75) is 36.7 Å². The summed E-state index contributed by atoms with van der Waals surface area (Å²) in [6, 6.07) is 11.0. The molecule has 0 saturated carbocycles. The quantitative estimate of drug-likeness (QED) is 0.491. The van der Waals surface area contributed by atoms with Crippen LogP contribution >= 0.6 is 0 Å². The van der Waals surface area contributed by atoms with Crippen molar-refractivity contribution in [3.05, 3.63) is 66.0 Å². The minimum Gasteiger partial charge on any atom is -0.368 e. The lowest BCUT2D eigenvalue weighted by atomic mass is 10.0. The highest BCUT2D eigenvalue weighted by atomic mass is 32.2. The minimum atomic E-state index is -3.70. The van der Waals surface area contributed by atoms with E-state index in [0.29, 0.717) is 0 Å². The molecule has 2 aromatic rings. The second-order valence-electron chi connectivity index (χ2n) is 6.93. The average molecular weight is 450 g/mol. The van der Waals surface area contributed by atoms with Crippen LogP contribution in [0.5, 0.6) is 0 Å². The monoisotopic (exact) mass is 449 g/mol. The molecular formula is C21H24FN3O5S. The summed E-state index contributed by atoms with van der Waals surface area (Å²) in [5.41, 5.74) is 5.53. The summed E-state index contributed by atoms with van der Waals surface area (Å²) in [5, 5.41) is 4.78. The highest BCUT2D eigenvalue weighted by Crippen LogP contribution is 2.13. The number of amides is 3. The van der Waals surface area contributed by atoms with Crippen molar-refractivity contribution in [3.63, 3.8) is 0 Å². The Balaban J connectivity index is 2.11. The highest BCUT2D eigenvalue weighted by molar-refractivity contribution is 7.91. The molecule has 0 saturated heterocycles. The predicted octanol–water partition coefficient (Wildman–Crippen LogP) is 0.707. The number of primary amides is 1. The first-order valence-electron chi connectivity index (χ1n) is 9.48. The minimum absolute atomic E-state index is 0.0835. The number of hydrogen-bond acceptors (Lipinski definition) is 5. The van der Waals surface area contributed by atoms with E-state index >= 15 is 0 Å². The molecule has 0 aliphatic heterocycles. The highest BCUT2D eigenvalue weighted by Gasteiger charge is 2.27. The first-order valence-corrected chi connectivity index (χ1v) is 11.1. The van der Waals surface area contributed by atoms with Crippen LogP contribution in [0.25, 0.3) is 0 Å². The Labute approximate surface area is 179 Å². The van der Waals surface area contributed by atoms with Crippen molar-refractivity contribution in [3.8, 4) is 0 Å². The fourth-order valence-electron chi connectivity index (χ4n) is 2.92. The van der Waals surface area contributed by atoms with Gasteiger partial charge in [0, 0.05) is 13.3 Å². The fourth-order valence-corrected chi connectivity index (χ4v) is 4.27. The zero-order valence-corrected chi connectivity index (χ0v) is 17.7. The van der Waals surface area contributed by atoms with Crippen LogP contribution in [-0.2, 0) is 30.6 Å². The molecule has 166 valence electrons. The van der Waals surface area contributed by atoms with Gasteiger partial charge in [0.2, 0.25) is 17.7 Å². The van der Waals surface area contributed by atoms with Gasteiger partial charge in [0.1, 0.15) is 17.9 Å². The number of benzene rings is 2. The van der Waals surface area contributed by atoms with Gasteiger partial charge in [-0.1, -0.05) is 36.4 Å². The Morgan fingerprint density at radius 2 is 1.58 bits per heavy atom. The second kappa shape index (κ2) is 10.7. The first-order chi connectivity index (χ1) is 14.6.